The molecular formula is C27H35NO5. The molecule has 3 atom stereocenters. The third kappa shape index (κ3) is 7.90. The highest BCUT2D eigenvalue weighted by Crippen LogP contribution is 2.31. The van der Waals surface area contributed by atoms with Crippen molar-refractivity contribution < 1.29 is 23.8 Å². The molecule has 178 valence electrons. The average Bonchev–Trinajstić information content (AvgIpc) is 2.83. The number of methoxy groups -OCH3 is 1. The fourth-order valence-electron chi connectivity index (χ4n) is 4.52. The Morgan fingerprint density at radius 1 is 0.909 bits per heavy atom. The molecule has 0 radical (unpaired) electrons. The smallest absolute Gasteiger partial charge is 0.410 e. The number of hydrogen-bond acceptors (Lipinski definition) is 5. The fourth-order valence-corrected chi connectivity index (χ4v) is 4.52. The summed E-state index contributed by atoms with van der Waals surface area (Å²) in [5, 5.41) is 0. The Kier molecular flexibility index (Phi) is 9.76. The molecule has 0 saturated carbocycles. The van der Waals surface area contributed by atoms with Crippen molar-refractivity contribution in [3.8, 4) is 0 Å². The van der Waals surface area contributed by atoms with Crippen molar-refractivity contribution in [2.45, 2.75) is 64.3 Å². The number of piperidine rings is 1. The number of likely N-dealkylation sites (tertiary alicyclic amines) is 1. The second-order valence-corrected chi connectivity index (χ2v) is 8.80. The highest BCUT2D eigenvalue weighted by Gasteiger charge is 2.38. The average molecular weight is 454 g/mol. The molecule has 3 rings (SSSR count). The van der Waals surface area contributed by atoms with Crippen LogP contribution in [0.3, 0.4) is 0 Å². The monoisotopic (exact) mass is 453 g/mol. The van der Waals surface area contributed by atoms with Crippen LogP contribution >= 0.6 is 0 Å². The van der Waals surface area contributed by atoms with Crippen molar-refractivity contribution in [2.75, 3.05) is 13.7 Å². The SMILES string of the molecule is COC(=O)CCC[C@@H]1C[C@H](C)C[C@@H](COCc2ccccc2)N1C(=O)OCc1ccccc1. The number of carbonyl (C=O) groups is 2. The number of carbonyl (C=O) groups excluding carboxylic acids is 2. The Balaban J connectivity index is 1.66. The summed E-state index contributed by atoms with van der Waals surface area (Å²) >= 11 is 0. The molecule has 1 amide bonds. The lowest BCUT2D eigenvalue weighted by Crippen LogP contribution is -2.53. The van der Waals surface area contributed by atoms with Crippen molar-refractivity contribution in [3.63, 3.8) is 0 Å². The number of rotatable bonds is 10. The van der Waals surface area contributed by atoms with Crippen LogP contribution < -0.4 is 0 Å². The van der Waals surface area contributed by atoms with Crippen LogP contribution in [0.15, 0.2) is 60.7 Å². The maximum absolute atomic E-state index is 13.2. The minimum absolute atomic E-state index is 0.00649. The summed E-state index contributed by atoms with van der Waals surface area (Å²) in [6, 6.07) is 19.7. The third-order valence-corrected chi connectivity index (χ3v) is 6.12. The van der Waals surface area contributed by atoms with E-state index in [1.165, 1.54) is 7.11 Å². The second-order valence-electron chi connectivity index (χ2n) is 8.80. The minimum atomic E-state index is -0.317. The lowest BCUT2D eigenvalue weighted by molar-refractivity contribution is -0.140. The lowest BCUT2D eigenvalue weighted by atomic mass is 9.85. The van der Waals surface area contributed by atoms with Gasteiger partial charge in [0.05, 0.1) is 26.4 Å². The molecule has 2 aromatic carbocycles. The van der Waals surface area contributed by atoms with E-state index in [0.717, 1.165) is 30.4 Å². The van der Waals surface area contributed by atoms with Gasteiger partial charge in [0.1, 0.15) is 6.61 Å². The summed E-state index contributed by atoms with van der Waals surface area (Å²) < 4.78 is 16.5. The topological polar surface area (TPSA) is 65.1 Å². The Morgan fingerprint density at radius 3 is 2.15 bits per heavy atom. The van der Waals surface area contributed by atoms with Gasteiger partial charge in [0, 0.05) is 12.5 Å². The van der Waals surface area contributed by atoms with Gasteiger partial charge in [-0.05, 0) is 42.7 Å². The Hall–Kier alpha value is -2.86. The first-order valence-electron chi connectivity index (χ1n) is 11.7. The number of hydrogen-bond donors (Lipinski definition) is 0. The first kappa shape index (κ1) is 24.8. The number of ether oxygens (including phenoxy) is 3. The van der Waals surface area contributed by atoms with Crippen LogP contribution in [-0.4, -0.2) is 42.8 Å². The van der Waals surface area contributed by atoms with Gasteiger partial charge in [0.25, 0.3) is 0 Å². The van der Waals surface area contributed by atoms with Gasteiger partial charge in [-0.25, -0.2) is 4.79 Å². The summed E-state index contributed by atoms with van der Waals surface area (Å²) in [6.45, 7) is 3.40. The fraction of sp³-hybridized carbons (Fsp3) is 0.481. The maximum Gasteiger partial charge on any atom is 0.410 e. The molecule has 0 N–H and O–H groups in total. The molecule has 33 heavy (non-hydrogen) atoms. The van der Waals surface area contributed by atoms with E-state index in [1.807, 2.05) is 65.6 Å². The molecule has 1 aliphatic rings. The van der Waals surface area contributed by atoms with Crippen molar-refractivity contribution in [1.82, 2.24) is 4.90 Å². The van der Waals surface area contributed by atoms with Gasteiger partial charge in [-0.3, -0.25) is 9.69 Å². The Labute approximate surface area is 196 Å². The van der Waals surface area contributed by atoms with Gasteiger partial charge in [-0.15, -0.1) is 0 Å². The highest BCUT2D eigenvalue weighted by atomic mass is 16.6. The maximum atomic E-state index is 13.2. The van der Waals surface area contributed by atoms with Crippen molar-refractivity contribution in [3.05, 3.63) is 71.8 Å². The predicted octanol–water partition coefficient (Wildman–Crippen LogP) is 5.35. The molecule has 1 saturated heterocycles. The van der Waals surface area contributed by atoms with Crippen LogP contribution in [0.5, 0.6) is 0 Å². The first-order valence-corrected chi connectivity index (χ1v) is 11.7. The number of benzene rings is 2. The Bertz CT molecular complexity index is 857. The summed E-state index contributed by atoms with van der Waals surface area (Å²) in [7, 11) is 1.40. The van der Waals surface area contributed by atoms with E-state index in [2.05, 4.69) is 6.92 Å². The second kappa shape index (κ2) is 13.0. The largest absolute Gasteiger partial charge is 0.469 e. The van der Waals surface area contributed by atoms with Gasteiger partial charge < -0.3 is 14.2 Å². The molecule has 0 unspecified atom stereocenters. The van der Waals surface area contributed by atoms with E-state index in [4.69, 9.17) is 14.2 Å². The highest BCUT2D eigenvalue weighted by molar-refractivity contribution is 5.69. The zero-order valence-electron chi connectivity index (χ0n) is 19.7. The molecule has 0 spiro atoms. The summed E-state index contributed by atoms with van der Waals surface area (Å²) in [6.07, 6.45) is 3.18. The molecule has 1 aliphatic heterocycles. The van der Waals surface area contributed by atoms with E-state index in [1.54, 1.807) is 0 Å². The van der Waals surface area contributed by atoms with Crippen LogP contribution in [0.2, 0.25) is 0 Å². The molecule has 0 aliphatic carbocycles. The lowest BCUT2D eigenvalue weighted by Gasteiger charge is -2.44. The van der Waals surface area contributed by atoms with Gasteiger partial charge in [0.2, 0.25) is 0 Å². The minimum Gasteiger partial charge on any atom is -0.469 e. The molecule has 0 aromatic heterocycles. The van der Waals surface area contributed by atoms with Gasteiger partial charge in [0.15, 0.2) is 0 Å². The number of esters is 1. The van der Waals surface area contributed by atoms with Gasteiger partial charge in [-0.2, -0.15) is 0 Å². The molecule has 1 fully saturated rings. The quantitative estimate of drug-likeness (QED) is 0.454. The van der Waals surface area contributed by atoms with E-state index in [-0.39, 0.29) is 30.8 Å². The molecule has 0 bridgehead atoms. The molecule has 2 aromatic rings. The van der Waals surface area contributed by atoms with Crippen molar-refractivity contribution in [2.24, 2.45) is 5.92 Å². The zero-order chi connectivity index (χ0) is 23.5. The molecule has 6 heteroatoms. The van der Waals surface area contributed by atoms with Gasteiger partial charge >= 0.3 is 12.1 Å². The van der Waals surface area contributed by atoms with Gasteiger partial charge in [-0.1, -0.05) is 67.6 Å². The number of nitrogens with zero attached hydrogens (tertiary/aromatic N) is 1. The van der Waals surface area contributed by atoms with Crippen LogP contribution in [0, 0.1) is 5.92 Å². The molecule has 6 nitrogen and oxygen atoms in total. The van der Waals surface area contributed by atoms with E-state index < -0.39 is 0 Å². The van der Waals surface area contributed by atoms with E-state index >= 15 is 0 Å². The van der Waals surface area contributed by atoms with Crippen LogP contribution in [0.1, 0.15) is 50.2 Å². The van der Waals surface area contributed by atoms with E-state index in [0.29, 0.717) is 32.0 Å². The summed E-state index contributed by atoms with van der Waals surface area (Å²) in [5.41, 5.74) is 2.06. The zero-order valence-corrected chi connectivity index (χ0v) is 19.7. The predicted molar refractivity (Wildman–Crippen MR) is 126 cm³/mol. The van der Waals surface area contributed by atoms with Crippen LogP contribution in [0.4, 0.5) is 4.79 Å². The van der Waals surface area contributed by atoms with Crippen LogP contribution in [-0.2, 0) is 32.2 Å². The summed E-state index contributed by atoms with van der Waals surface area (Å²) in [5.74, 6) is 0.233. The first-order chi connectivity index (χ1) is 16.1. The standard InChI is InChI=1S/C27H35NO5/c1-21-16-24(14-9-15-26(29)31-2)28(27(30)33-19-23-12-7-4-8-13-23)25(17-21)20-32-18-22-10-5-3-6-11-22/h3-8,10-13,21,24-25H,9,14-20H2,1-2H3/t21-,24+,25-/m0/s1. The third-order valence-electron chi connectivity index (χ3n) is 6.12. The van der Waals surface area contributed by atoms with Crippen molar-refractivity contribution in [1.29, 1.82) is 0 Å². The van der Waals surface area contributed by atoms with Crippen molar-refractivity contribution >= 4 is 12.1 Å². The number of amides is 1. The molecule has 1 heterocycles. The summed E-state index contributed by atoms with van der Waals surface area (Å²) in [4.78, 5) is 26.7. The van der Waals surface area contributed by atoms with E-state index in [9.17, 15) is 9.59 Å². The van der Waals surface area contributed by atoms with Crippen LogP contribution in [0.25, 0.3) is 0 Å². The molecular weight excluding hydrogens is 418 g/mol. The normalized spacial score (nSPS) is 20.3. The Morgan fingerprint density at radius 2 is 1.52 bits per heavy atom.